The number of oxime groups is 1. The number of benzene rings is 1. The Morgan fingerprint density at radius 1 is 1.52 bits per heavy atom. The molecule has 1 aromatic carbocycles. The molecule has 1 aliphatic rings. The summed E-state index contributed by atoms with van der Waals surface area (Å²) in [4.78, 5) is 0. The molecule has 0 saturated heterocycles. The average Bonchev–Trinajstić information content (AvgIpc) is 2.44. The summed E-state index contributed by atoms with van der Waals surface area (Å²) in [5.74, 6) is -0.413. The highest BCUT2D eigenvalue weighted by Gasteiger charge is 2.27. The number of hydrogen-bond donors (Lipinski definition) is 3. The first kappa shape index (κ1) is 15.8. The molecule has 0 spiro atoms. The second-order valence-corrected chi connectivity index (χ2v) is 6.63. The number of rotatable bonds is 4. The van der Waals surface area contributed by atoms with Gasteiger partial charge in [-0.15, -0.1) is 0 Å². The lowest BCUT2D eigenvalue weighted by molar-refractivity contribution is 0.197. The Morgan fingerprint density at radius 2 is 2.29 bits per heavy atom. The highest BCUT2D eigenvalue weighted by molar-refractivity contribution is 5.97. The van der Waals surface area contributed by atoms with Gasteiger partial charge in [0, 0.05) is 23.7 Å². The van der Waals surface area contributed by atoms with Crippen LogP contribution in [0, 0.1) is 11.2 Å². The molecule has 1 saturated carbocycles. The van der Waals surface area contributed by atoms with Crippen LogP contribution in [0.3, 0.4) is 0 Å². The molecule has 0 amide bonds. The molecule has 1 unspecified atom stereocenters. The summed E-state index contributed by atoms with van der Waals surface area (Å²) in [6.45, 7) is 5.07. The molecule has 0 bridgehead atoms. The van der Waals surface area contributed by atoms with Gasteiger partial charge in [-0.3, -0.25) is 0 Å². The van der Waals surface area contributed by atoms with E-state index >= 15 is 0 Å². The van der Waals surface area contributed by atoms with Crippen LogP contribution in [0.2, 0.25) is 0 Å². The Labute approximate surface area is 125 Å². The van der Waals surface area contributed by atoms with Gasteiger partial charge in [-0.2, -0.15) is 0 Å². The summed E-state index contributed by atoms with van der Waals surface area (Å²) in [7, 11) is 0. The Morgan fingerprint density at radius 3 is 2.90 bits per heavy atom. The minimum absolute atomic E-state index is 0.0811. The third-order valence-electron chi connectivity index (χ3n) is 4.24. The van der Waals surface area contributed by atoms with Gasteiger partial charge in [0.25, 0.3) is 0 Å². The summed E-state index contributed by atoms with van der Waals surface area (Å²) in [5.41, 5.74) is 6.81. The summed E-state index contributed by atoms with van der Waals surface area (Å²) < 4.78 is 14.0. The van der Waals surface area contributed by atoms with Crippen molar-refractivity contribution in [2.75, 3.05) is 0 Å². The first-order valence-corrected chi connectivity index (χ1v) is 7.41. The van der Waals surface area contributed by atoms with Crippen LogP contribution in [-0.2, 0) is 6.54 Å². The van der Waals surface area contributed by atoms with Crippen LogP contribution in [0.1, 0.15) is 50.7 Å². The summed E-state index contributed by atoms with van der Waals surface area (Å²) in [6, 6.07) is 5.09. The lowest BCUT2D eigenvalue weighted by Gasteiger charge is -2.35. The van der Waals surface area contributed by atoms with E-state index in [0.29, 0.717) is 29.1 Å². The van der Waals surface area contributed by atoms with Gasteiger partial charge in [0.05, 0.1) is 0 Å². The highest BCUT2D eigenvalue weighted by Crippen LogP contribution is 2.35. The molecule has 0 radical (unpaired) electrons. The lowest BCUT2D eigenvalue weighted by Crippen LogP contribution is -2.37. The van der Waals surface area contributed by atoms with Crippen molar-refractivity contribution >= 4 is 5.84 Å². The maximum absolute atomic E-state index is 14.0. The second kappa shape index (κ2) is 6.43. The maximum atomic E-state index is 14.0. The van der Waals surface area contributed by atoms with E-state index in [0.717, 1.165) is 12.8 Å². The maximum Gasteiger partial charge on any atom is 0.170 e. The van der Waals surface area contributed by atoms with E-state index in [1.807, 2.05) is 0 Å². The molecule has 0 heterocycles. The number of nitrogens with one attached hydrogen (secondary N) is 1. The lowest BCUT2D eigenvalue weighted by atomic mass is 9.75. The third-order valence-corrected chi connectivity index (χ3v) is 4.24. The van der Waals surface area contributed by atoms with E-state index < -0.39 is 0 Å². The molecular formula is C16H24FN3O. The molecule has 1 aliphatic carbocycles. The zero-order valence-corrected chi connectivity index (χ0v) is 12.7. The van der Waals surface area contributed by atoms with Crippen LogP contribution >= 0.6 is 0 Å². The van der Waals surface area contributed by atoms with E-state index in [1.165, 1.54) is 18.9 Å². The molecule has 2 rings (SSSR count). The standard InChI is InChI=1S/C16H24FN3O/c1-16(2)7-3-4-13(9-16)19-10-12-6-5-11(8-14(12)17)15(18)20-21/h5-6,8,13,19,21H,3-4,7,9-10H2,1-2H3,(H2,18,20). The molecule has 4 nitrogen and oxygen atoms in total. The zero-order valence-electron chi connectivity index (χ0n) is 12.7. The molecule has 1 aromatic rings. The SMILES string of the molecule is CC1(C)CCCC(NCc2ccc(/C(N)=N/O)cc2F)C1. The predicted octanol–water partition coefficient (Wildman–Crippen LogP) is 2.98. The van der Waals surface area contributed by atoms with Gasteiger partial charge >= 0.3 is 0 Å². The molecule has 1 atom stereocenters. The van der Waals surface area contributed by atoms with Gasteiger partial charge in [-0.25, -0.2) is 4.39 Å². The number of nitrogens with two attached hydrogens (primary N) is 1. The van der Waals surface area contributed by atoms with Crippen molar-refractivity contribution in [3.63, 3.8) is 0 Å². The van der Waals surface area contributed by atoms with Crippen LogP contribution in [0.4, 0.5) is 4.39 Å². The third kappa shape index (κ3) is 4.17. The Kier molecular flexibility index (Phi) is 4.83. The summed E-state index contributed by atoms with van der Waals surface area (Å²) in [6.07, 6.45) is 4.74. The minimum atomic E-state index is -0.332. The van der Waals surface area contributed by atoms with E-state index in [1.54, 1.807) is 12.1 Å². The van der Waals surface area contributed by atoms with Crippen molar-refractivity contribution in [2.24, 2.45) is 16.3 Å². The van der Waals surface area contributed by atoms with Crippen LogP contribution in [-0.4, -0.2) is 17.1 Å². The van der Waals surface area contributed by atoms with E-state index in [4.69, 9.17) is 10.9 Å². The van der Waals surface area contributed by atoms with E-state index in [9.17, 15) is 4.39 Å². The Balaban J connectivity index is 1.97. The van der Waals surface area contributed by atoms with Gasteiger partial charge < -0.3 is 16.3 Å². The molecule has 1 fully saturated rings. The van der Waals surface area contributed by atoms with Gasteiger partial charge in [0.2, 0.25) is 0 Å². The zero-order chi connectivity index (χ0) is 15.5. The molecule has 4 N–H and O–H groups in total. The van der Waals surface area contributed by atoms with Crippen molar-refractivity contribution in [2.45, 2.75) is 52.1 Å². The van der Waals surface area contributed by atoms with Crippen molar-refractivity contribution < 1.29 is 9.60 Å². The first-order chi connectivity index (χ1) is 9.91. The van der Waals surface area contributed by atoms with Crippen molar-refractivity contribution in [3.05, 3.63) is 35.1 Å². The molecule has 0 aliphatic heterocycles. The Hall–Kier alpha value is -1.62. The Bertz CT molecular complexity index is 528. The van der Waals surface area contributed by atoms with Crippen LogP contribution < -0.4 is 11.1 Å². The fourth-order valence-electron chi connectivity index (χ4n) is 3.03. The van der Waals surface area contributed by atoms with E-state index in [-0.39, 0.29) is 11.7 Å². The number of amidine groups is 1. The quantitative estimate of drug-likeness (QED) is 0.346. The number of hydrogen-bond acceptors (Lipinski definition) is 3. The normalized spacial score (nSPS) is 22.2. The fraction of sp³-hybridized carbons (Fsp3) is 0.562. The van der Waals surface area contributed by atoms with Gasteiger partial charge in [0.15, 0.2) is 5.84 Å². The fourth-order valence-corrected chi connectivity index (χ4v) is 3.03. The summed E-state index contributed by atoms with van der Waals surface area (Å²) in [5, 5.41) is 14.9. The van der Waals surface area contributed by atoms with Crippen molar-refractivity contribution in [1.82, 2.24) is 5.32 Å². The van der Waals surface area contributed by atoms with Crippen LogP contribution in [0.25, 0.3) is 0 Å². The second-order valence-electron chi connectivity index (χ2n) is 6.63. The molecule has 5 heteroatoms. The molecule has 116 valence electrons. The van der Waals surface area contributed by atoms with E-state index in [2.05, 4.69) is 24.3 Å². The monoisotopic (exact) mass is 293 g/mol. The topological polar surface area (TPSA) is 70.6 Å². The molecular weight excluding hydrogens is 269 g/mol. The molecule has 21 heavy (non-hydrogen) atoms. The smallest absolute Gasteiger partial charge is 0.170 e. The number of nitrogens with zero attached hydrogens (tertiary/aromatic N) is 1. The first-order valence-electron chi connectivity index (χ1n) is 7.41. The van der Waals surface area contributed by atoms with Gasteiger partial charge in [-0.05, 0) is 30.7 Å². The van der Waals surface area contributed by atoms with Gasteiger partial charge in [-0.1, -0.05) is 37.6 Å². The minimum Gasteiger partial charge on any atom is -0.409 e. The average molecular weight is 293 g/mol. The molecule has 0 aromatic heterocycles. The van der Waals surface area contributed by atoms with Crippen LogP contribution in [0.15, 0.2) is 23.4 Å². The predicted molar refractivity (Wildman–Crippen MR) is 81.8 cm³/mol. The largest absolute Gasteiger partial charge is 0.409 e. The van der Waals surface area contributed by atoms with Crippen LogP contribution in [0.5, 0.6) is 0 Å². The van der Waals surface area contributed by atoms with Gasteiger partial charge in [0.1, 0.15) is 5.82 Å². The highest BCUT2D eigenvalue weighted by atomic mass is 19.1. The number of halogens is 1. The van der Waals surface area contributed by atoms with Crippen molar-refractivity contribution in [1.29, 1.82) is 0 Å². The summed E-state index contributed by atoms with van der Waals surface area (Å²) >= 11 is 0. The van der Waals surface area contributed by atoms with Crippen molar-refractivity contribution in [3.8, 4) is 0 Å².